The van der Waals surface area contributed by atoms with E-state index < -0.39 is 0 Å². The molecule has 0 radical (unpaired) electrons. The zero-order chi connectivity index (χ0) is 14.4. The lowest BCUT2D eigenvalue weighted by Gasteiger charge is -2.26. The van der Waals surface area contributed by atoms with Crippen LogP contribution in [0.2, 0.25) is 5.15 Å². The molecule has 0 aliphatic carbocycles. The molecule has 1 heterocycles. The van der Waals surface area contributed by atoms with Crippen LogP contribution in [-0.2, 0) is 0 Å². The third-order valence-corrected chi connectivity index (χ3v) is 2.87. The lowest BCUT2D eigenvalue weighted by Crippen LogP contribution is -2.39. The number of nitrogens with zero attached hydrogens (tertiary/aromatic N) is 3. The van der Waals surface area contributed by atoms with E-state index >= 15 is 0 Å². The van der Waals surface area contributed by atoms with Crippen LogP contribution in [0.3, 0.4) is 0 Å². The van der Waals surface area contributed by atoms with Crippen molar-refractivity contribution in [1.29, 1.82) is 0 Å². The molecule has 1 aromatic heterocycles. The van der Waals surface area contributed by atoms with Gasteiger partial charge in [0, 0.05) is 31.4 Å². The van der Waals surface area contributed by atoms with Gasteiger partial charge in [0.05, 0.1) is 0 Å². The number of likely N-dealkylation sites (N-methyl/N-ethyl adjacent to an activating group) is 1. The molecule has 0 saturated carbocycles. The second-order valence-corrected chi connectivity index (χ2v) is 5.70. The highest BCUT2D eigenvalue weighted by atomic mass is 35.5. The molecule has 106 valence electrons. The summed E-state index contributed by atoms with van der Waals surface area (Å²) in [6.07, 6.45) is 1.56. The molecule has 0 aliphatic heterocycles. The summed E-state index contributed by atoms with van der Waals surface area (Å²) < 4.78 is 0. The van der Waals surface area contributed by atoms with E-state index in [2.05, 4.69) is 23.7 Å². The van der Waals surface area contributed by atoms with Gasteiger partial charge >= 0.3 is 0 Å². The van der Waals surface area contributed by atoms with Gasteiger partial charge in [0.1, 0.15) is 5.15 Å². The van der Waals surface area contributed by atoms with Gasteiger partial charge in [-0.05, 0) is 32.1 Å². The fraction of sp³-hybridized carbons (Fsp3) is 0.571. The fourth-order valence-electron chi connectivity index (χ4n) is 1.76. The summed E-state index contributed by atoms with van der Waals surface area (Å²) in [6, 6.07) is 3.32. The van der Waals surface area contributed by atoms with Crippen LogP contribution in [0, 0.1) is 5.92 Å². The summed E-state index contributed by atoms with van der Waals surface area (Å²) in [4.78, 5) is 20.3. The summed E-state index contributed by atoms with van der Waals surface area (Å²) in [5.41, 5.74) is 0.597. The average molecular weight is 284 g/mol. The molecule has 4 nitrogen and oxygen atoms in total. The molecule has 0 bridgehead atoms. The van der Waals surface area contributed by atoms with Gasteiger partial charge < -0.3 is 9.80 Å². The largest absolute Gasteiger partial charge is 0.337 e. The fourth-order valence-corrected chi connectivity index (χ4v) is 1.93. The molecule has 1 aromatic rings. The van der Waals surface area contributed by atoms with Gasteiger partial charge in [-0.1, -0.05) is 25.4 Å². The first-order chi connectivity index (χ1) is 8.90. The lowest BCUT2D eigenvalue weighted by atomic mass is 10.1. The molecule has 0 fully saturated rings. The van der Waals surface area contributed by atoms with Crippen molar-refractivity contribution < 1.29 is 4.79 Å². The molecule has 1 rings (SSSR count). The van der Waals surface area contributed by atoms with Crippen LogP contribution in [0.5, 0.6) is 0 Å². The number of pyridine rings is 1. The Bertz CT molecular complexity index is 421. The van der Waals surface area contributed by atoms with E-state index in [0.29, 0.717) is 23.2 Å². The minimum Gasteiger partial charge on any atom is -0.337 e. The van der Waals surface area contributed by atoms with Crippen LogP contribution in [-0.4, -0.2) is 54.4 Å². The van der Waals surface area contributed by atoms with Gasteiger partial charge in [0.25, 0.3) is 5.91 Å². The number of rotatable bonds is 6. The van der Waals surface area contributed by atoms with Crippen molar-refractivity contribution in [3.8, 4) is 0 Å². The molecule has 0 aliphatic rings. The predicted molar refractivity (Wildman–Crippen MR) is 78.5 cm³/mol. The maximum absolute atomic E-state index is 12.5. The Morgan fingerprint density at radius 3 is 2.58 bits per heavy atom. The van der Waals surface area contributed by atoms with Crippen molar-refractivity contribution in [2.75, 3.05) is 33.7 Å². The molecule has 0 atom stereocenters. The first-order valence-corrected chi connectivity index (χ1v) is 6.83. The van der Waals surface area contributed by atoms with Gasteiger partial charge in [0.15, 0.2) is 0 Å². The minimum absolute atomic E-state index is 0.0138. The van der Waals surface area contributed by atoms with E-state index in [0.717, 1.165) is 13.1 Å². The highest BCUT2D eigenvalue weighted by molar-refractivity contribution is 6.29. The lowest BCUT2D eigenvalue weighted by molar-refractivity contribution is 0.0724. The molecule has 0 aromatic carbocycles. The predicted octanol–water partition coefficient (Wildman–Crippen LogP) is 2.39. The van der Waals surface area contributed by atoms with Crippen LogP contribution >= 0.6 is 11.6 Å². The van der Waals surface area contributed by atoms with Gasteiger partial charge in [-0.25, -0.2) is 4.98 Å². The van der Waals surface area contributed by atoms with Crippen LogP contribution in [0.1, 0.15) is 24.2 Å². The number of halogens is 1. The Kier molecular flexibility index (Phi) is 6.25. The summed E-state index contributed by atoms with van der Waals surface area (Å²) in [5.74, 6) is 0.447. The molecule has 0 spiro atoms. The Morgan fingerprint density at radius 1 is 1.37 bits per heavy atom. The van der Waals surface area contributed by atoms with Gasteiger partial charge in [-0.15, -0.1) is 0 Å². The Balaban J connectivity index is 2.81. The maximum Gasteiger partial charge on any atom is 0.254 e. The zero-order valence-electron chi connectivity index (χ0n) is 12.1. The van der Waals surface area contributed by atoms with Crippen molar-refractivity contribution in [2.24, 2.45) is 5.92 Å². The van der Waals surface area contributed by atoms with Crippen molar-refractivity contribution in [2.45, 2.75) is 13.8 Å². The number of hydrogen-bond donors (Lipinski definition) is 0. The van der Waals surface area contributed by atoms with Crippen molar-refractivity contribution in [3.05, 3.63) is 29.0 Å². The van der Waals surface area contributed by atoms with Gasteiger partial charge in [-0.3, -0.25) is 4.79 Å². The van der Waals surface area contributed by atoms with Crippen LogP contribution in [0.15, 0.2) is 18.3 Å². The number of carbonyl (C=O) groups is 1. The van der Waals surface area contributed by atoms with E-state index in [1.54, 1.807) is 18.3 Å². The van der Waals surface area contributed by atoms with E-state index in [1.807, 2.05) is 19.0 Å². The molecular formula is C14H22ClN3O. The maximum atomic E-state index is 12.5. The first kappa shape index (κ1) is 15.9. The normalized spacial score (nSPS) is 11.1. The first-order valence-electron chi connectivity index (χ1n) is 6.45. The van der Waals surface area contributed by atoms with E-state index in [9.17, 15) is 4.79 Å². The summed E-state index contributed by atoms with van der Waals surface area (Å²) >= 11 is 5.84. The topological polar surface area (TPSA) is 36.4 Å². The molecule has 1 amide bonds. The summed E-state index contributed by atoms with van der Waals surface area (Å²) in [5, 5.41) is 0.350. The zero-order valence-corrected chi connectivity index (χ0v) is 12.8. The molecule has 5 heteroatoms. The van der Waals surface area contributed by atoms with Crippen molar-refractivity contribution in [3.63, 3.8) is 0 Å². The quantitative estimate of drug-likeness (QED) is 0.752. The van der Waals surface area contributed by atoms with E-state index in [4.69, 9.17) is 11.6 Å². The molecule has 19 heavy (non-hydrogen) atoms. The molecule has 0 saturated heterocycles. The SMILES string of the molecule is CC(C)CN(CCN(C)C)C(=O)c1ccnc(Cl)c1. The number of amides is 1. The highest BCUT2D eigenvalue weighted by Gasteiger charge is 2.17. The van der Waals surface area contributed by atoms with Crippen LogP contribution in [0.4, 0.5) is 0 Å². The number of hydrogen-bond acceptors (Lipinski definition) is 3. The molecule has 0 unspecified atom stereocenters. The van der Waals surface area contributed by atoms with Crippen LogP contribution in [0.25, 0.3) is 0 Å². The summed E-state index contributed by atoms with van der Waals surface area (Å²) in [6.45, 7) is 6.51. The van der Waals surface area contributed by atoms with Crippen molar-refractivity contribution in [1.82, 2.24) is 14.8 Å². The van der Waals surface area contributed by atoms with Crippen molar-refractivity contribution >= 4 is 17.5 Å². The second-order valence-electron chi connectivity index (χ2n) is 5.32. The second kappa shape index (κ2) is 7.46. The smallest absolute Gasteiger partial charge is 0.254 e. The standard InChI is InChI=1S/C14H22ClN3O/c1-11(2)10-18(8-7-17(3)4)14(19)12-5-6-16-13(15)9-12/h5-6,9,11H,7-8,10H2,1-4H3. The molecule has 0 N–H and O–H groups in total. The highest BCUT2D eigenvalue weighted by Crippen LogP contribution is 2.11. The van der Waals surface area contributed by atoms with Gasteiger partial charge in [0.2, 0.25) is 0 Å². The third-order valence-electron chi connectivity index (χ3n) is 2.66. The Labute approximate surface area is 120 Å². The average Bonchev–Trinajstić information content (AvgIpc) is 2.33. The number of carbonyl (C=O) groups excluding carboxylic acids is 1. The Morgan fingerprint density at radius 2 is 2.05 bits per heavy atom. The number of aromatic nitrogens is 1. The monoisotopic (exact) mass is 283 g/mol. The van der Waals surface area contributed by atoms with Gasteiger partial charge in [-0.2, -0.15) is 0 Å². The summed E-state index contributed by atoms with van der Waals surface area (Å²) in [7, 11) is 4.00. The van der Waals surface area contributed by atoms with E-state index in [1.165, 1.54) is 0 Å². The Hall–Kier alpha value is -1.13. The van der Waals surface area contributed by atoms with E-state index in [-0.39, 0.29) is 5.91 Å². The third kappa shape index (κ3) is 5.57. The minimum atomic E-state index is 0.0138. The molecular weight excluding hydrogens is 262 g/mol. The van der Waals surface area contributed by atoms with Crippen LogP contribution < -0.4 is 0 Å².